The third-order valence-corrected chi connectivity index (χ3v) is 3.49. The monoisotopic (exact) mass is 314 g/mol. The Morgan fingerprint density at radius 3 is 2.22 bits per heavy atom. The molecule has 0 aliphatic heterocycles. The van der Waals surface area contributed by atoms with E-state index in [9.17, 15) is 25.0 Å². The van der Waals surface area contributed by atoms with Gasteiger partial charge in [0, 0.05) is 17.5 Å². The van der Waals surface area contributed by atoms with E-state index in [1.165, 1.54) is 12.1 Å². The van der Waals surface area contributed by atoms with Crippen LogP contribution in [0.5, 0.6) is 0 Å². The minimum atomic E-state index is -0.683. The zero-order valence-corrected chi connectivity index (χ0v) is 12.1. The molecular formula is C16H14N2O5. The number of carbonyl (C=O) groups is 1. The van der Waals surface area contributed by atoms with Gasteiger partial charge in [-0.05, 0) is 24.5 Å². The number of benzene rings is 2. The Hall–Kier alpha value is -3.09. The Morgan fingerprint density at radius 2 is 1.65 bits per heavy atom. The van der Waals surface area contributed by atoms with Gasteiger partial charge in [0.1, 0.15) is 6.29 Å². The smallest absolute Gasteiger partial charge is 0.279 e. The van der Waals surface area contributed by atoms with Crippen LogP contribution in [0.1, 0.15) is 11.1 Å². The molecule has 2 aromatic carbocycles. The predicted octanol–water partition coefficient (Wildman–Crippen LogP) is 3.10. The number of hydrogen-bond acceptors (Lipinski definition) is 5. The maximum absolute atomic E-state index is 11.3. The second-order valence-electron chi connectivity index (χ2n) is 5.12. The van der Waals surface area contributed by atoms with Gasteiger partial charge in [-0.3, -0.25) is 20.2 Å². The molecule has 0 spiro atoms. The fourth-order valence-corrected chi connectivity index (χ4v) is 2.38. The summed E-state index contributed by atoms with van der Waals surface area (Å²) in [6.45, 7) is 0. The van der Waals surface area contributed by atoms with E-state index in [0.29, 0.717) is 12.0 Å². The average molecular weight is 314 g/mol. The molecule has 23 heavy (non-hydrogen) atoms. The van der Waals surface area contributed by atoms with Crippen LogP contribution in [-0.4, -0.2) is 16.1 Å². The van der Waals surface area contributed by atoms with Crippen molar-refractivity contribution in [3.8, 4) is 0 Å². The number of rotatable bonds is 7. The summed E-state index contributed by atoms with van der Waals surface area (Å²) in [5.74, 6) is -0.433. The van der Waals surface area contributed by atoms with Crippen molar-refractivity contribution in [3.05, 3.63) is 79.9 Å². The molecule has 0 radical (unpaired) electrons. The van der Waals surface area contributed by atoms with Gasteiger partial charge in [0.05, 0.1) is 15.9 Å². The molecule has 0 saturated heterocycles. The summed E-state index contributed by atoms with van der Waals surface area (Å²) in [7, 11) is 0. The number of nitro benzene ring substituents is 2. The molecule has 0 aliphatic rings. The quantitative estimate of drug-likeness (QED) is 0.444. The molecule has 7 nitrogen and oxygen atoms in total. The highest BCUT2D eigenvalue weighted by atomic mass is 16.6. The normalized spacial score (nSPS) is 11.7. The predicted molar refractivity (Wildman–Crippen MR) is 83.2 cm³/mol. The lowest BCUT2D eigenvalue weighted by Crippen LogP contribution is -2.11. The first-order chi connectivity index (χ1) is 11.0. The summed E-state index contributed by atoms with van der Waals surface area (Å²) >= 11 is 0. The Bertz CT molecular complexity index is 731. The topological polar surface area (TPSA) is 103 Å². The first kappa shape index (κ1) is 16.3. The minimum Gasteiger partial charge on any atom is -0.303 e. The van der Waals surface area contributed by atoms with Crippen molar-refractivity contribution in [2.75, 3.05) is 0 Å². The van der Waals surface area contributed by atoms with Crippen LogP contribution in [0.25, 0.3) is 0 Å². The van der Waals surface area contributed by atoms with Gasteiger partial charge in [0.15, 0.2) is 0 Å². The van der Waals surface area contributed by atoms with Crippen LogP contribution in [0.2, 0.25) is 0 Å². The number of hydrogen-bond donors (Lipinski definition) is 0. The van der Waals surface area contributed by atoms with E-state index in [1.807, 2.05) is 30.3 Å². The number of carbonyl (C=O) groups excluding carboxylic acids is 1. The molecule has 1 atom stereocenters. The summed E-state index contributed by atoms with van der Waals surface area (Å²) in [6.07, 6.45) is 1.38. The fraction of sp³-hybridized carbons (Fsp3) is 0.188. The molecule has 0 heterocycles. The third-order valence-electron chi connectivity index (χ3n) is 3.49. The first-order valence-corrected chi connectivity index (χ1v) is 6.92. The number of aldehydes is 1. The van der Waals surface area contributed by atoms with E-state index < -0.39 is 15.8 Å². The Labute approximate surface area is 131 Å². The highest BCUT2D eigenvalue weighted by Crippen LogP contribution is 2.27. The molecule has 0 saturated carbocycles. The van der Waals surface area contributed by atoms with Crippen LogP contribution in [0, 0.1) is 26.1 Å². The molecule has 0 unspecified atom stereocenters. The van der Waals surface area contributed by atoms with Gasteiger partial charge in [-0.15, -0.1) is 0 Å². The highest BCUT2D eigenvalue weighted by Gasteiger charge is 2.22. The second kappa shape index (κ2) is 7.26. The highest BCUT2D eigenvalue weighted by molar-refractivity contribution is 5.57. The summed E-state index contributed by atoms with van der Waals surface area (Å²) in [5.41, 5.74) is 0.591. The molecule has 0 amide bonds. The van der Waals surface area contributed by atoms with Gasteiger partial charge in [-0.2, -0.15) is 0 Å². The van der Waals surface area contributed by atoms with Gasteiger partial charge >= 0.3 is 0 Å². The van der Waals surface area contributed by atoms with Crippen molar-refractivity contribution in [1.82, 2.24) is 0 Å². The molecule has 0 N–H and O–H groups in total. The summed E-state index contributed by atoms with van der Waals surface area (Å²) in [5, 5.41) is 21.9. The van der Waals surface area contributed by atoms with Crippen molar-refractivity contribution in [2.24, 2.45) is 5.92 Å². The zero-order chi connectivity index (χ0) is 16.8. The molecular weight excluding hydrogens is 300 g/mol. The largest absolute Gasteiger partial charge is 0.303 e. The average Bonchev–Trinajstić information content (AvgIpc) is 2.55. The van der Waals surface area contributed by atoms with Crippen LogP contribution in [0.3, 0.4) is 0 Å². The summed E-state index contributed by atoms with van der Waals surface area (Å²) in [6, 6.07) is 12.8. The van der Waals surface area contributed by atoms with E-state index in [0.717, 1.165) is 17.9 Å². The SMILES string of the molecule is O=C[C@H](Cc1ccccc1)Cc1ccc([N+](=O)[O-])cc1[N+](=O)[O-]. The Kier molecular flexibility index (Phi) is 5.14. The van der Waals surface area contributed by atoms with E-state index in [1.54, 1.807) is 0 Å². The van der Waals surface area contributed by atoms with Crippen molar-refractivity contribution in [1.29, 1.82) is 0 Å². The molecule has 0 bridgehead atoms. The lowest BCUT2D eigenvalue weighted by Gasteiger charge is -2.10. The van der Waals surface area contributed by atoms with Gasteiger partial charge in [-0.25, -0.2) is 0 Å². The van der Waals surface area contributed by atoms with E-state index >= 15 is 0 Å². The van der Waals surface area contributed by atoms with Crippen LogP contribution < -0.4 is 0 Å². The van der Waals surface area contributed by atoms with E-state index in [-0.39, 0.29) is 17.8 Å². The molecule has 2 rings (SSSR count). The van der Waals surface area contributed by atoms with Crippen molar-refractivity contribution in [2.45, 2.75) is 12.8 Å². The maximum Gasteiger partial charge on any atom is 0.279 e. The molecule has 7 heteroatoms. The van der Waals surface area contributed by atoms with E-state index in [4.69, 9.17) is 0 Å². The zero-order valence-electron chi connectivity index (χ0n) is 12.1. The van der Waals surface area contributed by atoms with Crippen LogP contribution in [0.15, 0.2) is 48.5 Å². The van der Waals surface area contributed by atoms with Crippen LogP contribution >= 0.6 is 0 Å². The van der Waals surface area contributed by atoms with Crippen LogP contribution in [0.4, 0.5) is 11.4 Å². The fourth-order valence-electron chi connectivity index (χ4n) is 2.38. The standard InChI is InChI=1S/C16H14N2O5/c19-11-13(8-12-4-2-1-3-5-12)9-14-6-7-15(17(20)21)10-16(14)18(22)23/h1-7,10-11,13H,8-9H2/t13-/m1/s1. The van der Waals surface area contributed by atoms with Crippen molar-refractivity contribution >= 4 is 17.7 Å². The number of nitro groups is 2. The molecule has 2 aromatic rings. The minimum absolute atomic E-state index is 0.159. The molecule has 0 aromatic heterocycles. The van der Waals surface area contributed by atoms with E-state index in [2.05, 4.69) is 0 Å². The van der Waals surface area contributed by atoms with Gasteiger partial charge in [0.2, 0.25) is 0 Å². The van der Waals surface area contributed by atoms with Gasteiger partial charge < -0.3 is 4.79 Å². The van der Waals surface area contributed by atoms with Crippen molar-refractivity contribution in [3.63, 3.8) is 0 Å². The van der Waals surface area contributed by atoms with Gasteiger partial charge in [-0.1, -0.05) is 30.3 Å². The van der Waals surface area contributed by atoms with Crippen LogP contribution in [-0.2, 0) is 17.6 Å². The van der Waals surface area contributed by atoms with Gasteiger partial charge in [0.25, 0.3) is 11.4 Å². The maximum atomic E-state index is 11.3. The third kappa shape index (κ3) is 4.19. The summed E-state index contributed by atoms with van der Waals surface area (Å²) < 4.78 is 0. The Balaban J connectivity index is 2.24. The lowest BCUT2D eigenvalue weighted by atomic mass is 9.93. The number of non-ortho nitro benzene ring substituents is 1. The molecule has 0 fully saturated rings. The first-order valence-electron chi connectivity index (χ1n) is 6.92. The second-order valence-corrected chi connectivity index (χ2v) is 5.12. The molecule has 118 valence electrons. The molecule has 0 aliphatic carbocycles. The summed E-state index contributed by atoms with van der Waals surface area (Å²) in [4.78, 5) is 31.8. The lowest BCUT2D eigenvalue weighted by molar-refractivity contribution is -0.394. The van der Waals surface area contributed by atoms with Crippen molar-refractivity contribution < 1.29 is 14.6 Å². The number of nitrogens with zero attached hydrogens (tertiary/aromatic N) is 2. The Morgan fingerprint density at radius 1 is 0.957 bits per heavy atom.